The quantitative estimate of drug-likeness (QED) is 0.613. The summed E-state index contributed by atoms with van der Waals surface area (Å²) in [6.07, 6.45) is 2.95. The van der Waals surface area contributed by atoms with Crippen LogP contribution in [0, 0.1) is 5.92 Å². The lowest BCUT2D eigenvalue weighted by molar-refractivity contribution is -0.135. The Hall–Kier alpha value is -2.35. The fraction of sp³-hybridized carbons (Fsp3) is 0.522. The van der Waals surface area contributed by atoms with Crippen LogP contribution in [0.4, 0.5) is 4.79 Å². The zero-order chi connectivity index (χ0) is 22.8. The standard InChI is InChI=1S/C23H31BrN4O3/c1-14(2)19(27-22(30)31-23(3,4)5)21(29)28-12-6-7-18(28)20-25-13-17(26-20)15-8-10-16(24)11-9-15/h8-11,13-14,18-19H,6-7,12H2,1-5H3,(H,25,26)(H,27,30)/t18-,19-/m0/s1. The maximum atomic E-state index is 13.4. The van der Waals surface area contributed by atoms with E-state index in [1.54, 1.807) is 27.0 Å². The van der Waals surface area contributed by atoms with E-state index in [4.69, 9.17) is 4.74 Å². The lowest BCUT2D eigenvalue weighted by Gasteiger charge is -2.31. The van der Waals surface area contributed by atoms with Crippen molar-refractivity contribution in [1.29, 1.82) is 0 Å². The van der Waals surface area contributed by atoms with Crippen LogP contribution in [-0.2, 0) is 9.53 Å². The first kappa shape index (κ1) is 23.3. The predicted molar refractivity (Wildman–Crippen MR) is 123 cm³/mol. The monoisotopic (exact) mass is 490 g/mol. The highest BCUT2D eigenvalue weighted by atomic mass is 79.9. The molecular weight excluding hydrogens is 460 g/mol. The molecule has 8 heteroatoms. The summed E-state index contributed by atoms with van der Waals surface area (Å²) in [6, 6.07) is 7.19. The minimum atomic E-state index is -0.656. The fourth-order valence-electron chi connectivity index (χ4n) is 3.72. The third kappa shape index (κ3) is 5.87. The van der Waals surface area contributed by atoms with E-state index < -0.39 is 17.7 Å². The molecule has 3 rings (SSSR count). The SMILES string of the molecule is CC(C)[C@H](NC(=O)OC(C)(C)C)C(=O)N1CCC[C@H]1c1ncc(-c2ccc(Br)cc2)[nH]1. The topological polar surface area (TPSA) is 87.3 Å². The number of likely N-dealkylation sites (tertiary alicyclic amines) is 1. The van der Waals surface area contributed by atoms with Gasteiger partial charge in [0.15, 0.2) is 0 Å². The molecule has 0 bridgehead atoms. The molecule has 0 radical (unpaired) electrons. The number of hydrogen-bond donors (Lipinski definition) is 2. The molecule has 1 fully saturated rings. The first-order valence-corrected chi connectivity index (χ1v) is 11.5. The van der Waals surface area contributed by atoms with Gasteiger partial charge in [-0.05, 0) is 57.2 Å². The largest absolute Gasteiger partial charge is 0.444 e. The van der Waals surface area contributed by atoms with Crippen molar-refractivity contribution in [1.82, 2.24) is 20.2 Å². The molecule has 1 aliphatic heterocycles. The van der Waals surface area contributed by atoms with E-state index in [0.717, 1.165) is 34.4 Å². The second-order valence-electron chi connectivity index (χ2n) is 9.25. The van der Waals surface area contributed by atoms with Gasteiger partial charge in [-0.3, -0.25) is 4.79 Å². The first-order valence-electron chi connectivity index (χ1n) is 10.7. The Labute approximate surface area is 192 Å². The minimum Gasteiger partial charge on any atom is -0.444 e. The number of nitrogens with zero attached hydrogens (tertiary/aromatic N) is 2. The maximum Gasteiger partial charge on any atom is 0.408 e. The minimum absolute atomic E-state index is 0.0730. The summed E-state index contributed by atoms with van der Waals surface area (Å²) in [6.45, 7) is 9.88. The molecule has 2 aromatic rings. The van der Waals surface area contributed by atoms with Gasteiger partial charge in [-0.1, -0.05) is 41.9 Å². The maximum absolute atomic E-state index is 13.4. The Morgan fingerprint density at radius 3 is 2.55 bits per heavy atom. The molecule has 31 heavy (non-hydrogen) atoms. The number of hydrogen-bond acceptors (Lipinski definition) is 4. The number of ether oxygens (including phenoxy) is 1. The number of aromatic nitrogens is 2. The van der Waals surface area contributed by atoms with Gasteiger partial charge in [0.05, 0.1) is 17.9 Å². The Morgan fingerprint density at radius 2 is 1.94 bits per heavy atom. The number of amides is 2. The van der Waals surface area contributed by atoms with Crippen LogP contribution in [0.1, 0.15) is 59.3 Å². The molecule has 2 atom stereocenters. The number of carbonyl (C=O) groups excluding carboxylic acids is 2. The van der Waals surface area contributed by atoms with Crippen LogP contribution in [0.2, 0.25) is 0 Å². The number of imidazole rings is 1. The molecule has 1 aromatic heterocycles. The lowest BCUT2D eigenvalue weighted by atomic mass is 10.0. The normalized spacial score (nSPS) is 17.6. The Morgan fingerprint density at radius 1 is 1.26 bits per heavy atom. The second-order valence-corrected chi connectivity index (χ2v) is 10.2. The number of halogens is 1. The second kappa shape index (κ2) is 9.42. The van der Waals surface area contributed by atoms with Crippen LogP contribution in [0.15, 0.2) is 34.9 Å². The third-order valence-corrected chi connectivity index (χ3v) is 5.74. The van der Waals surface area contributed by atoms with Gasteiger partial charge in [-0.15, -0.1) is 0 Å². The highest BCUT2D eigenvalue weighted by Crippen LogP contribution is 2.32. The van der Waals surface area contributed by atoms with Crippen molar-refractivity contribution in [2.75, 3.05) is 6.54 Å². The number of alkyl carbamates (subject to hydrolysis) is 1. The van der Waals surface area contributed by atoms with E-state index in [1.807, 2.05) is 43.0 Å². The molecule has 2 heterocycles. The van der Waals surface area contributed by atoms with Crippen molar-refractivity contribution in [3.63, 3.8) is 0 Å². The van der Waals surface area contributed by atoms with Crippen molar-refractivity contribution in [3.05, 3.63) is 40.8 Å². The predicted octanol–water partition coefficient (Wildman–Crippen LogP) is 5.05. The van der Waals surface area contributed by atoms with E-state index in [2.05, 4.69) is 31.2 Å². The van der Waals surface area contributed by atoms with Crippen LogP contribution in [-0.4, -0.2) is 45.1 Å². The van der Waals surface area contributed by atoms with Gasteiger partial charge in [0.1, 0.15) is 17.5 Å². The van der Waals surface area contributed by atoms with Gasteiger partial charge in [-0.2, -0.15) is 0 Å². The van der Waals surface area contributed by atoms with E-state index in [-0.39, 0.29) is 17.9 Å². The highest BCUT2D eigenvalue weighted by molar-refractivity contribution is 9.10. The molecule has 2 N–H and O–H groups in total. The van der Waals surface area contributed by atoms with Crippen LogP contribution < -0.4 is 5.32 Å². The number of nitrogens with one attached hydrogen (secondary N) is 2. The third-order valence-electron chi connectivity index (χ3n) is 5.21. The zero-order valence-corrected chi connectivity index (χ0v) is 20.3. The van der Waals surface area contributed by atoms with E-state index >= 15 is 0 Å². The van der Waals surface area contributed by atoms with Crippen LogP contribution in [0.25, 0.3) is 11.3 Å². The number of benzene rings is 1. The van der Waals surface area contributed by atoms with E-state index in [9.17, 15) is 9.59 Å². The lowest BCUT2D eigenvalue weighted by Crippen LogP contribution is -2.52. The summed E-state index contributed by atoms with van der Waals surface area (Å²) in [4.78, 5) is 35.5. The summed E-state index contributed by atoms with van der Waals surface area (Å²) in [5.41, 5.74) is 1.32. The molecule has 1 aliphatic rings. The Kier molecular flexibility index (Phi) is 7.09. The average Bonchev–Trinajstić information content (AvgIpc) is 3.33. The van der Waals surface area contributed by atoms with E-state index in [1.165, 1.54) is 0 Å². The van der Waals surface area contributed by atoms with Gasteiger partial charge in [-0.25, -0.2) is 9.78 Å². The molecule has 0 spiro atoms. The summed E-state index contributed by atoms with van der Waals surface area (Å²) in [5, 5.41) is 2.77. The summed E-state index contributed by atoms with van der Waals surface area (Å²) < 4.78 is 6.38. The van der Waals surface area contributed by atoms with Crippen LogP contribution in [0.3, 0.4) is 0 Å². The summed E-state index contributed by atoms with van der Waals surface area (Å²) in [5.74, 6) is 0.588. The number of rotatable bonds is 5. The molecule has 168 valence electrons. The molecule has 0 aliphatic carbocycles. The van der Waals surface area contributed by atoms with Crippen molar-refractivity contribution in [3.8, 4) is 11.3 Å². The number of carbonyl (C=O) groups is 2. The summed E-state index contributed by atoms with van der Waals surface area (Å²) in [7, 11) is 0. The van der Waals surface area contributed by atoms with Crippen molar-refractivity contribution in [2.45, 2.75) is 65.1 Å². The van der Waals surface area contributed by atoms with Gasteiger partial charge >= 0.3 is 6.09 Å². The molecule has 1 aromatic carbocycles. The van der Waals surface area contributed by atoms with Crippen molar-refractivity contribution < 1.29 is 14.3 Å². The zero-order valence-electron chi connectivity index (χ0n) is 18.7. The van der Waals surface area contributed by atoms with Gasteiger partial charge in [0.2, 0.25) is 5.91 Å². The highest BCUT2D eigenvalue weighted by Gasteiger charge is 2.37. The van der Waals surface area contributed by atoms with E-state index in [0.29, 0.717) is 6.54 Å². The van der Waals surface area contributed by atoms with Gasteiger partial charge < -0.3 is 19.9 Å². The summed E-state index contributed by atoms with van der Waals surface area (Å²) >= 11 is 3.45. The molecule has 2 amide bonds. The number of H-pyrrole nitrogens is 1. The smallest absolute Gasteiger partial charge is 0.408 e. The van der Waals surface area contributed by atoms with Crippen LogP contribution in [0.5, 0.6) is 0 Å². The average molecular weight is 491 g/mol. The van der Waals surface area contributed by atoms with Crippen molar-refractivity contribution >= 4 is 27.9 Å². The molecule has 0 saturated carbocycles. The molecule has 7 nitrogen and oxygen atoms in total. The van der Waals surface area contributed by atoms with Gasteiger partial charge in [0, 0.05) is 11.0 Å². The van der Waals surface area contributed by atoms with Crippen molar-refractivity contribution in [2.24, 2.45) is 5.92 Å². The van der Waals surface area contributed by atoms with Gasteiger partial charge in [0.25, 0.3) is 0 Å². The number of aromatic amines is 1. The van der Waals surface area contributed by atoms with Crippen LogP contribution >= 0.6 is 15.9 Å². The first-order chi connectivity index (χ1) is 14.5. The molecular formula is C23H31BrN4O3. The molecule has 1 saturated heterocycles. The Balaban J connectivity index is 1.76. The fourth-order valence-corrected chi connectivity index (χ4v) is 3.99. The molecule has 0 unspecified atom stereocenters. The Bertz CT molecular complexity index is 918.